The van der Waals surface area contributed by atoms with E-state index in [1.807, 2.05) is 6.92 Å². The minimum absolute atomic E-state index is 0.00680. The van der Waals surface area contributed by atoms with Crippen LogP contribution in [0.2, 0.25) is 5.02 Å². The number of halogens is 2. The van der Waals surface area contributed by atoms with E-state index in [0.717, 1.165) is 24.9 Å². The molecule has 19 heavy (non-hydrogen) atoms. The van der Waals surface area contributed by atoms with Crippen molar-refractivity contribution in [3.05, 3.63) is 34.6 Å². The van der Waals surface area contributed by atoms with Crippen LogP contribution in [0.4, 0.5) is 4.39 Å². The Hall–Kier alpha value is -1.13. The Morgan fingerprint density at radius 2 is 2.42 bits per heavy atom. The van der Waals surface area contributed by atoms with E-state index in [4.69, 9.17) is 11.6 Å². The number of benzene rings is 1. The fourth-order valence-corrected chi connectivity index (χ4v) is 2.51. The predicted octanol–water partition coefficient (Wildman–Crippen LogP) is 2.80. The lowest BCUT2D eigenvalue weighted by Gasteiger charge is -2.16. The molecule has 1 aromatic carbocycles. The molecule has 2 atom stereocenters. The third-order valence-electron chi connectivity index (χ3n) is 3.42. The topological polar surface area (TPSA) is 41.1 Å². The molecule has 2 unspecified atom stereocenters. The van der Waals surface area contributed by atoms with Gasteiger partial charge in [0.15, 0.2) is 0 Å². The monoisotopic (exact) mass is 284 g/mol. The average molecular weight is 285 g/mol. The van der Waals surface area contributed by atoms with Crippen molar-refractivity contribution in [2.75, 3.05) is 6.54 Å². The molecule has 1 saturated heterocycles. The third kappa shape index (κ3) is 3.91. The zero-order valence-corrected chi connectivity index (χ0v) is 11.6. The predicted molar refractivity (Wildman–Crippen MR) is 73.6 cm³/mol. The van der Waals surface area contributed by atoms with E-state index in [1.165, 1.54) is 6.07 Å². The van der Waals surface area contributed by atoms with Crippen LogP contribution in [-0.4, -0.2) is 18.5 Å². The first kappa shape index (κ1) is 14.3. The van der Waals surface area contributed by atoms with Gasteiger partial charge in [-0.05, 0) is 44.0 Å². The van der Waals surface area contributed by atoms with Crippen LogP contribution in [0.3, 0.4) is 0 Å². The second-order valence-electron chi connectivity index (χ2n) is 4.96. The van der Waals surface area contributed by atoms with E-state index in [0.29, 0.717) is 6.42 Å². The highest BCUT2D eigenvalue weighted by molar-refractivity contribution is 6.30. The van der Waals surface area contributed by atoms with Gasteiger partial charge in [0.25, 0.3) is 0 Å². The summed E-state index contributed by atoms with van der Waals surface area (Å²) in [5.41, 5.74) is 0.805. The molecular weight excluding hydrogens is 267 g/mol. The number of carbonyl (C=O) groups is 1. The molecule has 0 bridgehead atoms. The zero-order chi connectivity index (χ0) is 13.8. The number of hydrogen-bond donors (Lipinski definition) is 2. The van der Waals surface area contributed by atoms with Gasteiger partial charge in [-0.1, -0.05) is 17.7 Å². The Morgan fingerprint density at radius 1 is 1.63 bits per heavy atom. The van der Waals surface area contributed by atoms with Crippen molar-refractivity contribution in [2.45, 2.75) is 38.3 Å². The summed E-state index contributed by atoms with van der Waals surface area (Å²) in [7, 11) is 0. The lowest BCUT2D eigenvalue weighted by molar-refractivity contribution is -0.122. The first-order chi connectivity index (χ1) is 9.06. The molecule has 2 rings (SSSR count). The van der Waals surface area contributed by atoms with E-state index < -0.39 is 5.82 Å². The van der Waals surface area contributed by atoms with E-state index >= 15 is 0 Å². The van der Waals surface area contributed by atoms with Crippen molar-refractivity contribution in [1.82, 2.24) is 10.6 Å². The molecule has 0 spiro atoms. The Labute approximate surface area is 117 Å². The molecule has 5 heteroatoms. The highest BCUT2D eigenvalue weighted by atomic mass is 35.5. The summed E-state index contributed by atoms with van der Waals surface area (Å²) in [4.78, 5) is 11.9. The van der Waals surface area contributed by atoms with Crippen LogP contribution < -0.4 is 10.6 Å². The van der Waals surface area contributed by atoms with Crippen molar-refractivity contribution in [1.29, 1.82) is 0 Å². The molecule has 1 aromatic rings. The first-order valence-electron chi connectivity index (χ1n) is 6.54. The first-order valence-corrected chi connectivity index (χ1v) is 6.92. The van der Waals surface area contributed by atoms with Crippen LogP contribution in [0, 0.1) is 5.82 Å². The van der Waals surface area contributed by atoms with Crippen molar-refractivity contribution < 1.29 is 9.18 Å². The van der Waals surface area contributed by atoms with Gasteiger partial charge in [-0.2, -0.15) is 0 Å². The molecule has 1 aliphatic heterocycles. The molecule has 1 fully saturated rings. The highest BCUT2D eigenvalue weighted by Gasteiger charge is 2.19. The van der Waals surface area contributed by atoms with Crippen LogP contribution >= 0.6 is 11.6 Å². The van der Waals surface area contributed by atoms with Gasteiger partial charge >= 0.3 is 0 Å². The smallest absolute Gasteiger partial charge is 0.222 e. The van der Waals surface area contributed by atoms with Crippen LogP contribution in [0.5, 0.6) is 0 Å². The van der Waals surface area contributed by atoms with Crippen molar-refractivity contribution >= 4 is 17.5 Å². The minimum Gasteiger partial charge on any atom is -0.350 e. The number of carbonyl (C=O) groups excluding carboxylic acids is 1. The van der Waals surface area contributed by atoms with Gasteiger partial charge < -0.3 is 10.6 Å². The largest absolute Gasteiger partial charge is 0.350 e. The van der Waals surface area contributed by atoms with Crippen LogP contribution in [0.25, 0.3) is 0 Å². The molecule has 1 aliphatic rings. The maximum atomic E-state index is 13.1. The van der Waals surface area contributed by atoms with Crippen molar-refractivity contribution in [3.8, 4) is 0 Å². The van der Waals surface area contributed by atoms with Gasteiger partial charge in [-0.15, -0.1) is 0 Å². The van der Waals surface area contributed by atoms with Crippen molar-refractivity contribution in [2.24, 2.45) is 0 Å². The summed E-state index contributed by atoms with van der Waals surface area (Å²) in [5, 5.41) is 6.27. The van der Waals surface area contributed by atoms with Gasteiger partial charge in [0.05, 0.1) is 11.1 Å². The summed E-state index contributed by atoms with van der Waals surface area (Å²) >= 11 is 5.73. The second-order valence-corrected chi connectivity index (χ2v) is 5.37. The SMILES string of the molecule is CC(NC(=O)CC1CCCN1)c1ccc(F)c(Cl)c1. The van der Waals surface area contributed by atoms with Gasteiger partial charge in [0.2, 0.25) is 5.91 Å². The Kier molecular flexibility index (Phi) is 4.77. The van der Waals surface area contributed by atoms with E-state index in [9.17, 15) is 9.18 Å². The molecule has 0 aromatic heterocycles. The zero-order valence-electron chi connectivity index (χ0n) is 10.9. The third-order valence-corrected chi connectivity index (χ3v) is 3.70. The quantitative estimate of drug-likeness (QED) is 0.893. The normalized spacial score (nSPS) is 20.3. The van der Waals surface area contributed by atoms with Gasteiger partial charge in [-0.25, -0.2) is 4.39 Å². The van der Waals surface area contributed by atoms with Gasteiger partial charge in [0, 0.05) is 12.5 Å². The van der Waals surface area contributed by atoms with Crippen LogP contribution in [0.1, 0.15) is 37.8 Å². The Balaban J connectivity index is 1.90. The maximum Gasteiger partial charge on any atom is 0.222 e. The minimum atomic E-state index is -0.445. The second kappa shape index (κ2) is 6.35. The van der Waals surface area contributed by atoms with Gasteiger partial charge in [0.1, 0.15) is 5.82 Å². The Bertz CT molecular complexity index is 461. The molecule has 3 nitrogen and oxygen atoms in total. The lowest BCUT2D eigenvalue weighted by Crippen LogP contribution is -2.33. The standard InChI is InChI=1S/C14H18ClFN2O/c1-9(10-4-5-13(16)12(15)7-10)18-14(19)8-11-3-2-6-17-11/h4-5,7,9,11,17H,2-3,6,8H2,1H3,(H,18,19). The molecular formula is C14H18ClFN2O. The average Bonchev–Trinajstić information content (AvgIpc) is 2.85. The maximum absolute atomic E-state index is 13.1. The van der Waals surface area contributed by atoms with Crippen molar-refractivity contribution in [3.63, 3.8) is 0 Å². The Morgan fingerprint density at radius 3 is 3.05 bits per heavy atom. The number of hydrogen-bond acceptors (Lipinski definition) is 2. The summed E-state index contributed by atoms with van der Waals surface area (Å²) in [5.74, 6) is -0.438. The van der Waals surface area contributed by atoms with Crippen LogP contribution in [-0.2, 0) is 4.79 Å². The summed E-state index contributed by atoms with van der Waals surface area (Å²) in [6.07, 6.45) is 2.66. The summed E-state index contributed by atoms with van der Waals surface area (Å²) in [6, 6.07) is 4.62. The molecule has 0 radical (unpaired) electrons. The van der Waals surface area contributed by atoms with E-state index in [2.05, 4.69) is 10.6 Å². The fraction of sp³-hybridized carbons (Fsp3) is 0.500. The van der Waals surface area contributed by atoms with E-state index in [1.54, 1.807) is 12.1 Å². The molecule has 1 heterocycles. The number of nitrogens with one attached hydrogen (secondary N) is 2. The highest BCUT2D eigenvalue weighted by Crippen LogP contribution is 2.21. The van der Waals surface area contributed by atoms with E-state index in [-0.39, 0.29) is 23.0 Å². The number of rotatable bonds is 4. The molecule has 1 amide bonds. The van der Waals surface area contributed by atoms with Gasteiger partial charge in [-0.3, -0.25) is 4.79 Å². The summed E-state index contributed by atoms with van der Waals surface area (Å²) < 4.78 is 13.1. The molecule has 104 valence electrons. The molecule has 0 saturated carbocycles. The van der Waals surface area contributed by atoms with Crippen LogP contribution in [0.15, 0.2) is 18.2 Å². The lowest BCUT2D eigenvalue weighted by atomic mass is 10.1. The number of amides is 1. The molecule has 0 aliphatic carbocycles. The fourth-order valence-electron chi connectivity index (χ4n) is 2.32. The molecule has 2 N–H and O–H groups in total. The summed E-state index contributed by atoms with van der Waals surface area (Å²) in [6.45, 7) is 2.85.